The average Bonchev–Trinajstić information content (AvgIpc) is 3.07. The van der Waals surface area contributed by atoms with E-state index in [2.05, 4.69) is 26.6 Å². The molecule has 156 valence electrons. The second kappa shape index (κ2) is 10.9. The fourth-order valence-corrected chi connectivity index (χ4v) is 4.71. The summed E-state index contributed by atoms with van der Waals surface area (Å²) >= 11 is 1.73. The highest BCUT2D eigenvalue weighted by molar-refractivity contribution is 7.09. The Bertz CT molecular complexity index is 606. The minimum Gasteiger partial charge on any atom is -0.354 e. The molecule has 1 atom stereocenters. The standard InChI is InChI=1S/C21H34N4O2S/c1-18(21(27)22-9-8-19-7-6-16-28-19)24-14-12-23(13-15-24)17-20(26)25-10-4-2-3-5-11-25/h6-7,16,18H,2-5,8-15,17H2,1H3,(H,22,27). The average molecular weight is 407 g/mol. The van der Waals surface area contributed by atoms with Crippen molar-refractivity contribution in [3.63, 3.8) is 0 Å². The second-order valence-electron chi connectivity index (χ2n) is 7.90. The summed E-state index contributed by atoms with van der Waals surface area (Å²) in [6.45, 7) is 8.42. The van der Waals surface area contributed by atoms with Gasteiger partial charge < -0.3 is 10.2 Å². The molecule has 0 saturated carbocycles. The van der Waals surface area contributed by atoms with E-state index in [0.717, 1.165) is 58.5 Å². The Hall–Kier alpha value is -1.44. The molecule has 7 heteroatoms. The topological polar surface area (TPSA) is 55.9 Å². The highest BCUT2D eigenvalue weighted by Gasteiger charge is 2.27. The van der Waals surface area contributed by atoms with Gasteiger partial charge in [0.25, 0.3) is 0 Å². The van der Waals surface area contributed by atoms with Crippen LogP contribution in [0.3, 0.4) is 0 Å². The van der Waals surface area contributed by atoms with Gasteiger partial charge >= 0.3 is 0 Å². The molecule has 2 saturated heterocycles. The summed E-state index contributed by atoms with van der Waals surface area (Å²) in [6, 6.07) is 4.03. The molecule has 3 rings (SSSR count). The number of thiophene rings is 1. The third kappa shape index (κ3) is 6.29. The first-order valence-electron chi connectivity index (χ1n) is 10.7. The number of nitrogens with one attached hydrogen (secondary N) is 1. The third-order valence-electron chi connectivity index (χ3n) is 5.90. The summed E-state index contributed by atoms with van der Waals surface area (Å²) in [5.74, 6) is 0.375. The molecule has 1 aromatic heterocycles. The van der Waals surface area contributed by atoms with Crippen molar-refractivity contribution >= 4 is 23.2 Å². The quantitative estimate of drug-likeness (QED) is 0.750. The number of hydrogen-bond donors (Lipinski definition) is 1. The van der Waals surface area contributed by atoms with Crippen LogP contribution in [-0.4, -0.2) is 84.9 Å². The number of piperazine rings is 1. The zero-order valence-corrected chi connectivity index (χ0v) is 17.9. The molecule has 28 heavy (non-hydrogen) atoms. The van der Waals surface area contributed by atoms with Gasteiger partial charge in [-0.15, -0.1) is 11.3 Å². The second-order valence-corrected chi connectivity index (χ2v) is 8.94. The van der Waals surface area contributed by atoms with Crippen molar-refractivity contribution in [1.82, 2.24) is 20.0 Å². The van der Waals surface area contributed by atoms with Gasteiger partial charge in [-0.2, -0.15) is 0 Å². The number of nitrogens with zero attached hydrogens (tertiary/aromatic N) is 3. The fraction of sp³-hybridized carbons (Fsp3) is 0.714. The summed E-state index contributed by atoms with van der Waals surface area (Å²) in [6.07, 6.45) is 5.66. The number of rotatable bonds is 7. The highest BCUT2D eigenvalue weighted by Crippen LogP contribution is 2.12. The van der Waals surface area contributed by atoms with Crippen molar-refractivity contribution in [1.29, 1.82) is 0 Å². The van der Waals surface area contributed by atoms with Crippen molar-refractivity contribution in [2.75, 3.05) is 52.4 Å². The molecule has 2 aliphatic heterocycles. The molecule has 0 bridgehead atoms. The van der Waals surface area contributed by atoms with E-state index in [1.165, 1.54) is 17.7 Å². The van der Waals surface area contributed by atoms with Crippen LogP contribution in [0, 0.1) is 0 Å². The van der Waals surface area contributed by atoms with Crippen LogP contribution >= 0.6 is 11.3 Å². The van der Waals surface area contributed by atoms with E-state index in [1.807, 2.05) is 17.9 Å². The lowest BCUT2D eigenvalue weighted by atomic mass is 10.2. The lowest BCUT2D eigenvalue weighted by Gasteiger charge is -2.37. The van der Waals surface area contributed by atoms with E-state index in [1.54, 1.807) is 11.3 Å². The molecular weight excluding hydrogens is 372 g/mol. The molecule has 0 aromatic carbocycles. The molecule has 1 N–H and O–H groups in total. The fourth-order valence-electron chi connectivity index (χ4n) is 4.00. The Morgan fingerprint density at radius 2 is 1.79 bits per heavy atom. The maximum atomic E-state index is 12.6. The smallest absolute Gasteiger partial charge is 0.237 e. The Morgan fingerprint density at radius 1 is 1.07 bits per heavy atom. The lowest BCUT2D eigenvalue weighted by Crippen LogP contribution is -2.55. The molecule has 0 radical (unpaired) electrons. The molecule has 0 spiro atoms. The van der Waals surface area contributed by atoms with E-state index in [-0.39, 0.29) is 17.9 Å². The van der Waals surface area contributed by atoms with Crippen molar-refractivity contribution in [2.24, 2.45) is 0 Å². The summed E-state index contributed by atoms with van der Waals surface area (Å²) in [7, 11) is 0. The molecule has 2 fully saturated rings. The number of carbonyl (C=O) groups is 2. The Kier molecular flexibility index (Phi) is 8.30. The Labute approximate surface area is 172 Å². The predicted molar refractivity (Wildman–Crippen MR) is 114 cm³/mol. The zero-order valence-electron chi connectivity index (χ0n) is 17.1. The maximum Gasteiger partial charge on any atom is 0.237 e. The van der Waals surface area contributed by atoms with Gasteiger partial charge in [0.2, 0.25) is 11.8 Å². The normalized spacial score (nSPS) is 20.5. The van der Waals surface area contributed by atoms with Crippen LogP contribution in [-0.2, 0) is 16.0 Å². The van der Waals surface area contributed by atoms with Crippen LogP contribution in [0.2, 0.25) is 0 Å². The van der Waals surface area contributed by atoms with E-state index in [4.69, 9.17) is 0 Å². The first-order valence-corrected chi connectivity index (χ1v) is 11.6. The van der Waals surface area contributed by atoms with Gasteiger partial charge in [-0.05, 0) is 37.6 Å². The van der Waals surface area contributed by atoms with Crippen molar-refractivity contribution in [3.8, 4) is 0 Å². The van der Waals surface area contributed by atoms with Gasteiger partial charge in [-0.25, -0.2) is 0 Å². The molecular formula is C21H34N4O2S. The molecule has 0 aliphatic carbocycles. The van der Waals surface area contributed by atoms with Crippen LogP contribution in [0.1, 0.15) is 37.5 Å². The summed E-state index contributed by atoms with van der Waals surface area (Å²) in [5.41, 5.74) is 0. The minimum absolute atomic E-state index is 0.102. The van der Waals surface area contributed by atoms with Gasteiger partial charge in [0.1, 0.15) is 0 Å². The molecule has 2 aliphatic rings. The van der Waals surface area contributed by atoms with E-state index in [9.17, 15) is 9.59 Å². The molecule has 2 amide bonds. The number of likely N-dealkylation sites (tertiary alicyclic amines) is 1. The molecule has 6 nitrogen and oxygen atoms in total. The van der Waals surface area contributed by atoms with Crippen LogP contribution < -0.4 is 5.32 Å². The van der Waals surface area contributed by atoms with Crippen LogP contribution in [0.5, 0.6) is 0 Å². The van der Waals surface area contributed by atoms with Crippen LogP contribution in [0.4, 0.5) is 0 Å². The third-order valence-corrected chi connectivity index (χ3v) is 6.84. The molecule has 1 aromatic rings. The molecule has 1 unspecified atom stereocenters. The van der Waals surface area contributed by atoms with E-state index in [0.29, 0.717) is 13.1 Å². The first-order chi connectivity index (χ1) is 13.6. The van der Waals surface area contributed by atoms with Crippen LogP contribution in [0.15, 0.2) is 17.5 Å². The zero-order chi connectivity index (χ0) is 19.8. The van der Waals surface area contributed by atoms with E-state index >= 15 is 0 Å². The van der Waals surface area contributed by atoms with Crippen molar-refractivity contribution < 1.29 is 9.59 Å². The van der Waals surface area contributed by atoms with Gasteiger partial charge in [0.05, 0.1) is 12.6 Å². The van der Waals surface area contributed by atoms with Gasteiger partial charge in [-0.1, -0.05) is 18.9 Å². The first kappa shape index (κ1) is 21.3. The maximum absolute atomic E-state index is 12.6. The van der Waals surface area contributed by atoms with Crippen LogP contribution in [0.25, 0.3) is 0 Å². The summed E-state index contributed by atoms with van der Waals surface area (Å²) < 4.78 is 0. The number of amides is 2. The van der Waals surface area contributed by atoms with Gasteiger partial charge in [-0.3, -0.25) is 19.4 Å². The Morgan fingerprint density at radius 3 is 2.43 bits per heavy atom. The Balaban J connectivity index is 1.35. The number of hydrogen-bond acceptors (Lipinski definition) is 5. The highest BCUT2D eigenvalue weighted by atomic mass is 32.1. The predicted octanol–water partition coefficient (Wildman–Crippen LogP) is 1.82. The summed E-state index contributed by atoms with van der Waals surface area (Å²) in [5, 5.41) is 5.13. The SMILES string of the molecule is CC(C(=O)NCCc1cccs1)N1CCN(CC(=O)N2CCCCCC2)CC1. The lowest BCUT2D eigenvalue weighted by molar-refractivity contribution is -0.133. The monoisotopic (exact) mass is 406 g/mol. The largest absolute Gasteiger partial charge is 0.354 e. The van der Waals surface area contributed by atoms with Gasteiger partial charge in [0.15, 0.2) is 0 Å². The van der Waals surface area contributed by atoms with Crippen molar-refractivity contribution in [3.05, 3.63) is 22.4 Å². The number of carbonyl (C=O) groups excluding carboxylic acids is 2. The molecule has 3 heterocycles. The van der Waals surface area contributed by atoms with Gasteiger partial charge in [0, 0.05) is 50.7 Å². The van der Waals surface area contributed by atoms with E-state index < -0.39 is 0 Å². The minimum atomic E-state index is -0.119. The summed E-state index contributed by atoms with van der Waals surface area (Å²) in [4.78, 5) is 32.8. The van der Waals surface area contributed by atoms with Crippen molar-refractivity contribution in [2.45, 2.75) is 45.1 Å².